The lowest BCUT2D eigenvalue weighted by molar-refractivity contribution is -0.126. The van der Waals surface area contributed by atoms with Gasteiger partial charge in [0.25, 0.3) is 5.91 Å². The van der Waals surface area contributed by atoms with Crippen LogP contribution in [0.2, 0.25) is 0 Å². The van der Waals surface area contributed by atoms with Crippen molar-refractivity contribution in [2.24, 2.45) is 11.7 Å². The molecule has 25 heavy (non-hydrogen) atoms. The molecule has 1 aliphatic rings. The van der Waals surface area contributed by atoms with Crippen molar-refractivity contribution in [2.75, 3.05) is 13.1 Å². The molecule has 6 heteroatoms. The highest BCUT2D eigenvalue weighted by Gasteiger charge is 2.32. The second kappa shape index (κ2) is 10.4. The van der Waals surface area contributed by atoms with E-state index in [1.807, 2.05) is 29.2 Å². The van der Waals surface area contributed by atoms with Crippen LogP contribution in [-0.4, -0.2) is 35.8 Å². The SMILES string of the molecule is CCCCNC(=O)C1CCC(C)N(C(=O)c2ccc(CN)cc2)C1.Cl. The zero-order chi connectivity index (χ0) is 17.5. The fraction of sp³-hybridized carbons (Fsp3) is 0.579. The summed E-state index contributed by atoms with van der Waals surface area (Å²) >= 11 is 0. The van der Waals surface area contributed by atoms with Crippen molar-refractivity contribution in [3.05, 3.63) is 35.4 Å². The Kier molecular flexibility index (Phi) is 8.93. The van der Waals surface area contributed by atoms with Crippen molar-refractivity contribution >= 4 is 24.2 Å². The third-order valence-corrected chi connectivity index (χ3v) is 4.78. The van der Waals surface area contributed by atoms with Crippen LogP contribution in [0.5, 0.6) is 0 Å². The normalized spacial score (nSPS) is 19.9. The molecule has 1 saturated heterocycles. The van der Waals surface area contributed by atoms with Gasteiger partial charge in [-0.05, 0) is 43.9 Å². The van der Waals surface area contributed by atoms with Crippen LogP contribution in [0.25, 0.3) is 0 Å². The Balaban J connectivity index is 0.00000312. The van der Waals surface area contributed by atoms with E-state index in [9.17, 15) is 9.59 Å². The summed E-state index contributed by atoms with van der Waals surface area (Å²) in [6.07, 6.45) is 3.75. The minimum Gasteiger partial charge on any atom is -0.356 e. The highest BCUT2D eigenvalue weighted by Crippen LogP contribution is 2.24. The van der Waals surface area contributed by atoms with Crippen molar-refractivity contribution in [2.45, 2.75) is 52.1 Å². The summed E-state index contributed by atoms with van der Waals surface area (Å²) in [5.41, 5.74) is 7.27. The Morgan fingerprint density at radius 3 is 2.52 bits per heavy atom. The molecule has 3 N–H and O–H groups in total. The first-order valence-electron chi connectivity index (χ1n) is 8.94. The first-order chi connectivity index (χ1) is 11.6. The molecule has 1 heterocycles. The molecule has 2 amide bonds. The maximum absolute atomic E-state index is 12.8. The van der Waals surface area contributed by atoms with Crippen LogP contribution in [0.3, 0.4) is 0 Å². The lowest BCUT2D eigenvalue weighted by Crippen LogP contribution is -2.49. The number of hydrogen-bond donors (Lipinski definition) is 2. The Hall–Kier alpha value is -1.59. The molecule has 0 spiro atoms. The number of carbonyl (C=O) groups is 2. The summed E-state index contributed by atoms with van der Waals surface area (Å²) in [5, 5.41) is 2.99. The number of benzene rings is 1. The van der Waals surface area contributed by atoms with E-state index in [4.69, 9.17) is 5.73 Å². The van der Waals surface area contributed by atoms with Gasteiger partial charge in [-0.3, -0.25) is 9.59 Å². The number of halogens is 1. The predicted octanol–water partition coefficient (Wildman–Crippen LogP) is 2.72. The lowest BCUT2D eigenvalue weighted by atomic mass is 9.92. The quantitative estimate of drug-likeness (QED) is 0.759. The highest BCUT2D eigenvalue weighted by molar-refractivity contribution is 5.95. The monoisotopic (exact) mass is 367 g/mol. The molecule has 2 atom stereocenters. The second-order valence-electron chi connectivity index (χ2n) is 6.63. The van der Waals surface area contributed by atoms with Crippen molar-refractivity contribution < 1.29 is 9.59 Å². The number of rotatable bonds is 6. The molecule has 5 nitrogen and oxygen atoms in total. The standard InChI is InChI=1S/C19H29N3O2.ClH/c1-3-4-11-21-18(23)17-8-5-14(2)22(13-17)19(24)16-9-6-15(12-20)7-10-16;/h6-7,9-10,14,17H,3-5,8,11-13,20H2,1-2H3,(H,21,23);1H. The molecule has 1 aromatic rings. The number of nitrogens with two attached hydrogens (primary N) is 1. The van der Waals surface area contributed by atoms with E-state index >= 15 is 0 Å². The van der Waals surface area contributed by atoms with E-state index < -0.39 is 0 Å². The van der Waals surface area contributed by atoms with Crippen LogP contribution in [0.4, 0.5) is 0 Å². The first-order valence-corrected chi connectivity index (χ1v) is 8.94. The number of likely N-dealkylation sites (tertiary alicyclic amines) is 1. The first kappa shape index (κ1) is 21.5. The van der Waals surface area contributed by atoms with Crippen LogP contribution < -0.4 is 11.1 Å². The van der Waals surface area contributed by atoms with E-state index in [0.717, 1.165) is 37.8 Å². The van der Waals surface area contributed by atoms with E-state index in [0.29, 0.717) is 18.7 Å². The molecule has 0 aliphatic carbocycles. The lowest BCUT2D eigenvalue weighted by Gasteiger charge is -2.37. The maximum Gasteiger partial charge on any atom is 0.254 e. The van der Waals surface area contributed by atoms with E-state index in [1.54, 1.807) is 0 Å². The zero-order valence-electron chi connectivity index (χ0n) is 15.2. The Morgan fingerprint density at radius 1 is 1.24 bits per heavy atom. The number of nitrogens with one attached hydrogen (secondary N) is 1. The van der Waals surface area contributed by atoms with Gasteiger partial charge in [-0.1, -0.05) is 25.5 Å². The molecule has 1 aromatic carbocycles. The molecule has 2 rings (SSSR count). The molecular weight excluding hydrogens is 338 g/mol. The highest BCUT2D eigenvalue weighted by atomic mass is 35.5. The summed E-state index contributed by atoms with van der Waals surface area (Å²) in [4.78, 5) is 26.9. The average Bonchev–Trinajstić information content (AvgIpc) is 2.61. The van der Waals surface area contributed by atoms with Crippen molar-refractivity contribution in [1.82, 2.24) is 10.2 Å². The number of amides is 2. The minimum atomic E-state index is -0.106. The number of piperidine rings is 1. The van der Waals surface area contributed by atoms with Gasteiger partial charge in [0.1, 0.15) is 0 Å². The van der Waals surface area contributed by atoms with Gasteiger partial charge in [-0.15, -0.1) is 12.4 Å². The topological polar surface area (TPSA) is 75.4 Å². The number of hydrogen-bond acceptors (Lipinski definition) is 3. The maximum atomic E-state index is 12.8. The van der Waals surface area contributed by atoms with Crippen LogP contribution in [-0.2, 0) is 11.3 Å². The Labute approximate surface area is 156 Å². The van der Waals surface area contributed by atoms with Gasteiger partial charge in [0.05, 0.1) is 5.92 Å². The van der Waals surface area contributed by atoms with E-state index in [1.165, 1.54) is 0 Å². The fourth-order valence-corrected chi connectivity index (χ4v) is 3.09. The van der Waals surface area contributed by atoms with E-state index in [2.05, 4.69) is 19.2 Å². The van der Waals surface area contributed by atoms with Crippen LogP contribution in [0.15, 0.2) is 24.3 Å². The van der Waals surface area contributed by atoms with Gasteiger partial charge in [-0.2, -0.15) is 0 Å². The van der Waals surface area contributed by atoms with Gasteiger partial charge in [-0.25, -0.2) is 0 Å². The molecule has 0 bridgehead atoms. The van der Waals surface area contributed by atoms with Gasteiger partial charge in [0, 0.05) is 31.2 Å². The molecule has 1 aliphatic heterocycles. The molecular formula is C19H30ClN3O2. The summed E-state index contributed by atoms with van der Waals surface area (Å²) in [5.74, 6) is -0.0333. The smallest absolute Gasteiger partial charge is 0.254 e. The fourth-order valence-electron chi connectivity index (χ4n) is 3.09. The van der Waals surface area contributed by atoms with Gasteiger partial charge in [0.15, 0.2) is 0 Å². The van der Waals surface area contributed by atoms with Crippen LogP contribution in [0, 0.1) is 5.92 Å². The minimum absolute atomic E-state index is 0. The largest absolute Gasteiger partial charge is 0.356 e. The van der Waals surface area contributed by atoms with Crippen molar-refractivity contribution in [1.29, 1.82) is 0 Å². The second-order valence-corrected chi connectivity index (χ2v) is 6.63. The molecule has 140 valence electrons. The summed E-state index contributed by atoms with van der Waals surface area (Å²) in [6, 6.07) is 7.57. The number of nitrogens with zero attached hydrogens (tertiary/aromatic N) is 1. The number of unbranched alkanes of at least 4 members (excludes halogenated alkanes) is 1. The molecule has 0 aromatic heterocycles. The predicted molar refractivity (Wildman–Crippen MR) is 103 cm³/mol. The van der Waals surface area contributed by atoms with Crippen molar-refractivity contribution in [3.8, 4) is 0 Å². The number of carbonyl (C=O) groups excluding carboxylic acids is 2. The molecule has 0 radical (unpaired) electrons. The third-order valence-electron chi connectivity index (χ3n) is 4.78. The summed E-state index contributed by atoms with van der Waals surface area (Å²) in [7, 11) is 0. The summed E-state index contributed by atoms with van der Waals surface area (Å²) in [6.45, 7) is 5.84. The van der Waals surface area contributed by atoms with Crippen molar-refractivity contribution in [3.63, 3.8) is 0 Å². The molecule has 1 fully saturated rings. The zero-order valence-corrected chi connectivity index (χ0v) is 16.0. The Bertz CT molecular complexity index is 562. The van der Waals surface area contributed by atoms with Gasteiger partial charge >= 0.3 is 0 Å². The molecule has 2 unspecified atom stereocenters. The molecule has 0 saturated carbocycles. The average molecular weight is 368 g/mol. The van der Waals surface area contributed by atoms with Gasteiger partial charge < -0.3 is 16.0 Å². The Morgan fingerprint density at radius 2 is 1.92 bits per heavy atom. The third kappa shape index (κ3) is 5.72. The van der Waals surface area contributed by atoms with Gasteiger partial charge in [0.2, 0.25) is 5.91 Å². The van der Waals surface area contributed by atoms with Crippen LogP contribution >= 0.6 is 12.4 Å². The van der Waals surface area contributed by atoms with E-state index in [-0.39, 0.29) is 36.2 Å². The van der Waals surface area contributed by atoms with Crippen LogP contribution in [0.1, 0.15) is 55.5 Å². The summed E-state index contributed by atoms with van der Waals surface area (Å²) < 4.78 is 0.